The van der Waals surface area contributed by atoms with Crippen LogP contribution in [0.2, 0.25) is 0 Å². The van der Waals surface area contributed by atoms with Crippen LogP contribution in [0.15, 0.2) is 27.4 Å². The number of hydrogen-bond donors (Lipinski definition) is 1. The first kappa shape index (κ1) is 35.4. The van der Waals surface area contributed by atoms with Gasteiger partial charge in [0.1, 0.15) is 5.58 Å². The molecule has 4 aliphatic heterocycles. The summed E-state index contributed by atoms with van der Waals surface area (Å²) < 4.78 is 62.1. The molecule has 3 fully saturated rings. The van der Waals surface area contributed by atoms with Crippen molar-refractivity contribution in [3.63, 3.8) is 0 Å². The fraction of sp³-hybridized carbons (Fsp3) is 0.528. The molecule has 5 heterocycles. The van der Waals surface area contributed by atoms with Gasteiger partial charge in [0.2, 0.25) is 0 Å². The number of amides is 2. The quantitative estimate of drug-likeness (QED) is 0.345. The molecule has 0 unspecified atom stereocenters. The van der Waals surface area contributed by atoms with Crippen molar-refractivity contribution in [2.45, 2.75) is 70.6 Å². The van der Waals surface area contributed by atoms with Crippen molar-refractivity contribution in [1.29, 1.82) is 0 Å². The van der Waals surface area contributed by atoms with Gasteiger partial charge in [-0.3, -0.25) is 14.5 Å². The van der Waals surface area contributed by atoms with Gasteiger partial charge in [0.05, 0.1) is 43.0 Å². The zero-order valence-electron chi connectivity index (χ0n) is 29.6. The fourth-order valence-corrected chi connectivity index (χ4v) is 10.2. The maximum absolute atomic E-state index is 15.9. The van der Waals surface area contributed by atoms with Crippen molar-refractivity contribution in [3.05, 3.63) is 67.8 Å². The Morgan fingerprint density at radius 2 is 1.71 bits per heavy atom. The molecule has 0 saturated carbocycles. The highest BCUT2D eigenvalue weighted by molar-refractivity contribution is 7.87. The van der Waals surface area contributed by atoms with Crippen LogP contribution in [-0.4, -0.2) is 107 Å². The predicted octanol–water partition coefficient (Wildman–Crippen LogP) is 3.12. The topological polar surface area (TPSA) is 142 Å². The van der Waals surface area contributed by atoms with E-state index in [0.29, 0.717) is 24.2 Å². The number of nitrogens with zero attached hydrogens (tertiary/aromatic N) is 4. The summed E-state index contributed by atoms with van der Waals surface area (Å²) >= 11 is 0. The normalized spacial score (nSPS) is 22.4. The van der Waals surface area contributed by atoms with Gasteiger partial charge >= 0.3 is 15.8 Å². The molecule has 2 amide bonds. The first-order chi connectivity index (χ1) is 24.3. The summed E-state index contributed by atoms with van der Waals surface area (Å²) in [6, 6.07) is 4.36. The van der Waals surface area contributed by atoms with Gasteiger partial charge in [-0.05, 0) is 82.3 Å². The second-order valence-corrected chi connectivity index (χ2v) is 15.7. The van der Waals surface area contributed by atoms with Crippen LogP contribution >= 0.6 is 0 Å². The number of aryl methyl sites for hydroxylation is 2. The third kappa shape index (κ3) is 6.07. The third-order valence-electron chi connectivity index (χ3n) is 11.2. The number of benzene rings is 2. The standard InChI is InChI=1S/C36H44FN5O8S/c1-20-16-29(40-15-14-39(3)24(17-40)19-48-4)21(2)32-30(20)25-12-13-41(18-28(25)36(45)50-32)35(44)26-10-11-27(33(49-5)31(26)37)34(43)38-51(46,47)42-22-6-7-23(42)9-8-22/h10-11,16,22-24H,6-9,12-15,17-19H2,1-5H3,(H,38,43)/t22?,23?,24-/m1/s1. The maximum Gasteiger partial charge on any atom is 0.341 e. The number of methoxy groups -OCH3 is 2. The van der Waals surface area contributed by atoms with E-state index in [-0.39, 0.29) is 42.3 Å². The van der Waals surface area contributed by atoms with Crippen molar-refractivity contribution in [3.8, 4) is 5.75 Å². The summed E-state index contributed by atoms with van der Waals surface area (Å²) in [6.07, 6.45) is 3.30. The molecule has 7 rings (SSSR count). The number of hydrogen-bond acceptors (Lipinski definition) is 10. The molecule has 1 atom stereocenters. The zero-order chi connectivity index (χ0) is 36.4. The SMILES string of the molecule is COC[C@H]1CN(c2cc(C)c3c4c(c(=O)oc3c2C)CN(C(=O)c2ccc(C(=O)NS(=O)(=O)N3C5CCC3CC5)c(OC)c2F)CC4)CCN1C. The van der Waals surface area contributed by atoms with Crippen LogP contribution in [-0.2, 0) is 27.9 Å². The number of halogens is 1. The number of fused-ring (bicyclic) bond motifs is 5. The maximum atomic E-state index is 15.9. The number of piperazine rings is 1. The largest absolute Gasteiger partial charge is 0.493 e. The lowest BCUT2D eigenvalue weighted by atomic mass is 9.92. The molecule has 0 radical (unpaired) electrons. The second kappa shape index (κ2) is 13.5. The molecule has 1 aromatic heterocycles. The molecule has 2 aromatic carbocycles. The van der Waals surface area contributed by atoms with Crippen molar-refractivity contribution in [1.82, 2.24) is 18.8 Å². The molecule has 0 aliphatic carbocycles. The minimum atomic E-state index is -4.16. The van der Waals surface area contributed by atoms with Crippen LogP contribution in [0.3, 0.4) is 0 Å². The Bertz CT molecular complexity index is 2070. The Labute approximate surface area is 296 Å². The average molecular weight is 726 g/mol. The Morgan fingerprint density at radius 3 is 2.37 bits per heavy atom. The lowest BCUT2D eigenvalue weighted by Crippen LogP contribution is -2.53. The van der Waals surface area contributed by atoms with Crippen molar-refractivity contribution in [2.24, 2.45) is 0 Å². The van der Waals surface area contributed by atoms with Crippen molar-refractivity contribution >= 4 is 38.7 Å². The van der Waals surface area contributed by atoms with Gasteiger partial charge in [0.15, 0.2) is 11.6 Å². The summed E-state index contributed by atoms with van der Waals surface area (Å²) in [4.78, 5) is 46.4. The number of rotatable bonds is 8. The minimum absolute atomic E-state index is 0.0930. The summed E-state index contributed by atoms with van der Waals surface area (Å²) in [5.41, 5.74) is 3.23. The average Bonchev–Trinajstić information content (AvgIpc) is 3.72. The minimum Gasteiger partial charge on any atom is -0.493 e. The van der Waals surface area contributed by atoms with E-state index in [0.717, 1.165) is 86.3 Å². The fourth-order valence-electron chi connectivity index (χ4n) is 8.54. The number of carbonyl (C=O) groups is 2. The molecule has 51 heavy (non-hydrogen) atoms. The number of anilines is 1. The Balaban J connectivity index is 1.13. The zero-order valence-corrected chi connectivity index (χ0v) is 30.4. The van der Waals surface area contributed by atoms with Gasteiger partial charge in [-0.15, -0.1) is 0 Å². The van der Waals surface area contributed by atoms with E-state index in [9.17, 15) is 22.8 Å². The smallest absolute Gasteiger partial charge is 0.341 e. The van der Waals surface area contributed by atoms with Crippen LogP contribution in [0.1, 0.15) is 68.7 Å². The summed E-state index contributed by atoms with van der Waals surface area (Å²) in [6.45, 7) is 7.13. The molecule has 0 spiro atoms. The van der Waals surface area contributed by atoms with Crippen molar-refractivity contribution < 1.29 is 36.3 Å². The van der Waals surface area contributed by atoms with Gasteiger partial charge < -0.3 is 23.7 Å². The lowest BCUT2D eigenvalue weighted by molar-refractivity contribution is 0.0726. The highest BCUT2D eigenvalue weighted by Gasteiger charge is 2.47. The summed E-state index contributed by atoms with van der Waals surface area (Å²) in [5, 5.41) is 0.848. The van der Waals surface area contributed by atoms with E-state index in [4.69, 9.17) is 13.9 Å². The third-order valence-corrected chi connectivity index (χ3v) is 12.8. The first-order valence-corrected chi connectivity index (χ1v) is 18.8. The lowest BCUT2D eigenvalue weighted by Gasteiger charge is -2.41. The van der Waals surface area contributed by atoms with E-state index in [1.54, 1.807) is 7.11 Å². The molecule has 2 bridgehead atoms. The summed E-state index contributed by atoms with van der Waals surface area (Å²) in [5.74, 6) is -3.39. The Kier molecular flexibility index (Phi) is 9.35. The van der Waals surface area contributed by atoms with Gasteiger partial charge in [-0.25, -0.2) is 13.9 Å². The first-order valence-electron chi connectivity index (χ1n) is 17.4. The van der Waals surface area contributed by atoms with E-state index in [1.165, 1.54) is 15.3 Å². The molecule has 3 saturated heterocycles. The molecular weight excluding hydrogens is 681 g/mol. The predicted molar refractivity (Wildman–Crippen MR) is 188 cm³/mol. The van der Waals surface area contributed by atoms with E-state index in [2.05, 4.69) is 27.6 Å². The second-order valence-electron chi connectivity index (χ2n) is 14.1. The van der Waals surface area contributed by atoms with Crippen LogP contribution in [0.25, 0.3) is 11.0 Å². The van der Waals surface area contributed by atoms with Gasteiger partial charge in [0.25, 0.3) is 11.8 Å². The van der Waals surface area contributed by atoms with E-state index < -0.39 is 39.2 Å². The van der Waals surface area contributed by atoms with Crippen LogP contribution in [0.4, 0.5) is 10.1 Å². The Hall–Kier alpha value is -4.05. The van der Waals surface area contributed by atoms with Crippen molar-refractivity contribution in [2.75, 3.05) is 59.0 Å². The van der Waals surface area contributed by atoms with Gasteiger partial charge in [-0.2, -0.15) is 12.7 Å². The van der Waals surface area contributed by atoms with Crippen LogP contribution in [0.5, 0.6) is 5.75 Å². The summed E-state index contributed by atoms with van der Waals surface area (Å²) in [7, 11) is 0.769. The van der Waals surface area contributed by atoms with Gasteiger partial charge in [0, 0.05) is 62.0 Å². The van der Waals surface area contributed by atoms with E-state index in [1.807, 2.05) is 13.8 Å². The Morgan fingerprint density at radius 1 is 1.02 bits per heavy atom. The van der Waals surface area contributed by atoms with Crippen LogP contribution in [0, 0.1) is 19.7 Å². The molecule has 4 aliphatic rings. The molecule has 15 heteroatoms. The highest BCUT2D eigenvalue weighted by Crippen LogP contribution is 2.40. The van der Waals surface area contributed by atoms with E-state index >= 15 is 4.39 Å². The number of carbonyl (C=O) groups excluding carboxylic acids is 2. The molecular formula is C36H44FN5O8S. The molecule has 274 valence electrons. The molecule has 1 N–H and O–H groups in total. The number of ether oxygens (including phenoxy) is 2. The highest BCUT2D eigenvalue weighted by atomic mass is 32.2. The number of nitrogens with one attached hydrogen (secondary N) is 1. The van der Waals surface area contributed by atoms with Gasteiger partial charge in [-0.1, -0.05) is 0 Å². The molecule has 3 aromatic rings. The van der Waals surface area contributed by atoms with Crippen LogP contribution < -0.4 is 20.0 Å². The number of likely N-dealkylation sites (N-methyl/N-ethyl adjacent to an activating group) is 1. The molecule has 13 nitrogen and oxygen atoms in total. The monoisotopic (exact) mass is 725 g/mol.